The van der Waals surface area contributed by atoms with Crippen LogP contribution in [0.25, 0.3) is 0 Å². The van der Waals surface area contributed by atoms with Gasteiger partial charge in [-0.15, -0.1) is 11.3 Å². The number of benzene rings is 1. The van der Waals surface area contributed by atoms with Gasteiger partial charge in [0.25, 0.3) is 15.7 Å². The molecule has 0 spiro atoms. The van der Waals surface area contributed by atoms with Crippen molar-refractivity contribution in [1.82, 2.24) is 8.61 Å². The van der Waals surface area contributed by atoms with Crippen LogP contribution < -0.4 is 0 Å². The fourth-order valence-electron chi connectivity index (χ4n) is 2.60. The first-order chi connectivity index (χ1) is 12.6. The Bertz CT molecular complexity index is 1060. The summed E-state index contributed by atoms with van der Waals surface area (Å²) < 4.78 is 53.9. The van der Waals surface area contributed by atoms with Crippen molar-refractivity contribution in [3.05, 3.63) is 50.3 Å². The second-order valence-electron chi connectivity index (χ2n) is 5.62. The molecule has 9 nitrogen and oxygen atoms in total. The number of rotatable bonds is 5. The maximum absolute atomic E-state index is 12.7. The molecule has 0 atom stereocenters. The van der Waals surface area contributed by atoms with Gasteiger partial charge >= 0.3 is 0 Å². The SMILES string of the molecule is O=[N+]([O-])c1ccc(S(=O)(=O)N2CCN(S(=O)(=O)c3ccc(Br)s3)CC2)cc1. The van der Waals surface area contributed by atoms with Crippen LogP contribution in [-0.2, 0) is 20.0 Å². The van der Waals surface area contributed by atoms with Crippen molar-refractivity contribution < 1.29 is 21.8 Å². The van der Waals surface area contributed by atoms with E-state index in [-0.39, 0.29) is 41.0 Å². The van der Waals surface area contributed by atoms with Gasteiger partial charge in [0.05, 0.1) is 13.6 Å². The third-order valence-electron chi connectivity index (χ3n) is 4.03. The van der Waals surface area contributed by atoms with E-state index in [1.165, 1.54) is 26.8 Å². The maximum atomic E-state index is 12.7. The molecule has 3 rings (SSSR count). The van der Waals surface area contributed by atoms with E-state index in [0.717, 1.165) is 23.5 Å². The Morgan fingerprint density at radius 1 is 0.889 bits per heavy atom. The zero-order valence-electron chi connectivity index (χ0n) is 13.7. The van der Waals surface area contributed by atoms with Crippen LogP contribution in [0.2, 0.25) is 0 Å². The molecule has 2 aromatic rings. The van der Waals surface area contributed by atoms with E-state index in [2.05, 4.69) is 15.9 Å². The van der Waals surface area contributed by atoms with E-state index >= 15 is 0 Å². The van der Waals surface area contributed by atoms with Crippen molar-refractivity contribution >= 4 is 53.0 Å². The summed E-state index contributed by atoms with van der Waals surface area (Å²) in [5.41, 5.74) is -0.202. The molecular formula is C14H14BrN3O6S3. The van der Waals surface area contributed by atoms with Gasteiger partial charge in [-0.3, -0.25) is 10.1 Å². The second kappa shape index (κ2) is 7.56. The van der Waals surface area contributed by atoms with Gasteiger partial charge in [-0.2, -0.15) is 8.61 Å². The minimum atomic E-state index is -3.85. The van der Waals surface area contributed by atoms with Crippen LogP contribution >= 0.6 is 27.3 Å². The summed E-state index contributed by atoms with van der Waals surface area (Å²) in [5.74, 6) is 0. The molecule has 1 aliphatic rings. The summed E-state index contributed by atoms with van der Waals surface area (Å²) in [4.78, 5) is 10.0. The van der Waals surface area contributed by atoms with Crippen molar-refractivity contribution in [2.24, 2.45) is 0 Å². The first-order valence-electron chi connectivity index (χ1n) is 7.62. The summed E-state index contributed by atoms with van der Waals surface area (Å²) >= 11 is 4.33. The van der Waals surface area contributed by atoms with E-state index in [9.17, 15) is 26.9 Å². The number of nitro groups is 1. The predicted octanol–water partition coefficient (Wildman–Crippen LogP) is 2.11. The number of piperazine rings is 1. The number of hydrogen-bond donors (Lipinski definition) is 0. The molecule has 2 heterocycles. The first-order valence-corrected chi connectivity index (χ1v) is 12.1. The van der Waals surface area contributed by atoms with Crippen molar-refractivity contribution in [3.63, 3.8) is 0 Å². The molecule has 1 aromatic carbocycles. The smallest absolute Gasteiger partial charge is 0.258 e. The van der Waals surface area contributed by atoms with Gasteiger partial charge < -0.3 is 0 Å². The molecule has 0 radical (unpaired) electrons. The number of non-ortho nitro benzene ring substituents is 1. The van der Waals surface area contributed by atoms with Crippen LogP contribution in [-0.4, -0.2) is 56.5 Å². The van der Waals surface area contributed by atoms with Gasteiger partial charge in [0, 0.05) is 38.3 Å². The van der Waals surface area contributed by atoms with E-state index in [0.29, 0.717) is 3.79 Å². The number of thiophene rings is 1. The lowest BCUT2D eigenvalue weighted by Gasteiger charge is -2.32. The van der Waals surface area contributed by atoms with E-state index < -0.39 is 25.0 Å². The van der Waals surface area contributed by atoms with Crippen molar-refractivity contribution in [2.75, 3.05) is 26.2 Å². The molecule has 0 aliphatic carbocycles. The van der Waals surface area contributed by atoms with Crippen molar-refractivity contribution in [1.29, 1.82) is 0 Å². The van der Waals surface area contributed by atoms with Crippen LogP contribution in [0.1, 0.15) is 0 Å². The van der Waals surface area contributed by atoms with Crippen molar-refractivity contribution in [2.45, 2.75) is 9.10 Å². The third kappa shape index (κ3) is 4.07. The Morgan fingerprint density at radius 3 is 1.85 bits per heavy atom. The van der Waals surface area contributed by atoms with Crippen molar-refractivity contribution in [3.8, 4) is 0 Å². The summed E-state index contributed by atoms with van der Waals surface area (Å²) in [6, 6.07) is 7.76. The van der Waals surface area contributed by atoms with Gasteiger partial charge in [-0.25, -0.2) is 16.8 Å². The number of hydrogen-bond acceptors (Lipinski definition) is 7. The van der Waals surface area contributed by atoms with Gasteiger partial charge in [0.1, 0.15) is 4.21 Å². The largest absolute Gasteiger partial charge is 0.269 e. The Labute approximate surface area is 168 Å². The third-order valence-corrected chi connectivity index (χ3v) is 9.93. The highest BCUT2D eigenvalue weighted by Crippen LogP contribution is 2.29. The number of nitro benzene ring substituents is 1. The van der Waals surface area contributed by atoms with Crippen LogP contribution in [0.15, 0.2) is 49.3 Å². The van der Waals surface area contributed by atoms with Gasteiger partial charge in [-0.05, 0) is 40.2 Å². The minimum absolute atomic E-state index is 0.00506. The Morgan fingerprint density at radius 2 is 1.41 bits per heavy atom. The van der Waals surface area contributed by atoms with Gasteiger partial charge in [0.15, 0.2) is 0 Å². The van der Waals surface area contributed by atoms with Crippen LogP contribution in [0, 0.1) is 10.1 Å². The molecule has 0 bridgehead atoms. The van der Waals surface area contributed by atoms with Gasteiger partial charge in [0.2, 0.25) is 10.0 Å². The molecule has 146 valence electrons. The molecule has 1 aromatic heterocycles. The summed E-state index contributed by atoms with van der Waals surface area (Å²) in [5, 5.41) is 10.7. The van der Waals surface area contributed by atoms with E-state index in [4.69, 9.17) is 0 Å². The van der Waals surface area contributed by atoms with Gasteiger partial charge in [-0.1, -0.05) is 0 Å². The maximum Gasteiger partial charge on any atom is 0.269 e. The Hall–Kier alpha value is -1.38. The highest BCUT2D eigenvalue weighted by molar-refractivity contribution is 9.11. The predicted molar refractivity (Wildman–Crippen MR) is 103 cm³/mol. The lowest BCUT2D eigenvalue weighted by molar-refractivity contribution is -0.384. The molecule has 0 amide bonds. The van der Waals surface area contributed by atoms with Crippen LogP contribution in [0.3, 0.4) is 0 Å². The molecular weight excluding hydrogens is 482 g/mol. The fourth-order valence-corrected chi connectivity index (χ4v) is 7.61. The molecule has 0 unspecified atom stereocenters. The number of nitrogens with zero attached hydrogens (tertiary/aromatic N) is 3. The first kappa shape index (κ1) is 20.4. The monoisotopic (exact) mass is 495 g/mol. The van der Waals surface area contributed by atoms with E-state index in [1.807, 2.05) is 0 Å². The molecule has 1 aliphatic heterocycles. The minimum Gasteiger partial charge on any atom is -0.258 e. The average molecular weight is 496 g/mol. The Balaban J connectivity index is 1.73. The highest BCUT2D eigenvalue weighted by atomic mass is 79.9. The quantitative estimate of drug-likeness (QED) is 0.462. The molecule has 27 heavy (non-hydrogen) atoms. The van der Waals surface area contributed by atoms with E-state index in [1.54, 1.807) is 6.07 Å². The lowest BCUT2D eigenvalue weighted by Crippen LogP contribution is -2.50. The molecule has 0 N–H and O–H groups in total. The fraction of sp³-hybridized carbons (Fsp3) is 0.286. The lowest BCUT2D eigenvalue weighted by atomic mass is 10.3. The summed E-state index contributed by atoms with van der Waals surface area (Å²) in [7, 11) is -7.51. The second-order valence-corrected chi connectivity index (χ2v) is 12.2. The normalized spacial score (nSPS) is 17.1. The number of halogens is 1. The standard InChI is InChI=1S/C14H14BrN3O6S3/c15-13-5-6-14(25-13)27(23,24)17-9-7-16(8-10-17)26(21,22)12-3-1-11(2-4-12)18(19)20/h1-6H,7-10H2. The summed E-state index contributed by atoms with van der Waals surface area (Å²) in [6.07, 6.45) is 0. The molecule has 0 saturated carbocycles. The zero-order valence-corrected chi connectivity index (χ0v) is 17.7. The molecule has 13 heteroatoms. The number of sulfonamides is 2. The van der Waals surface area contributed by atoms with Crippen LogP contribution in [0.4, 0.5) is 5.69 Å². The Kier molecular flexibility index (Phi) is 5.70. The average Bonchev–Trinajstić information content (AvgIpc) is 3.09. The highest BCUT2D eigenvalue weighted by Gasteiger charge is 2.34. The molecule has 1 fully saturated rings. The topological polar surface area (TPSA) is 118 Å². The zero-order chi connectivity index (χ0) is 19.8. The van der Waals surface area contributed by atoms with Crippen LogP contribution in [0.5, 0.6) is 0 Å². The summed E-state index contributed by atoms with van der Waals surface area (Å²) in [6.45, 7) is 0.0737. The molecule has 1 saturated heterocycles.